The quantitative estimate of drug-likeness (QED) is 0.434. The normalized spacial score (nSPS) is 18.1. The van der Waals surface area contributed by atoms with Crippen molar-refractivity contribution in [2.75, 3.05) is 27.2 Å². The van der Waals surface area contributed by atoms with E-state index >= 15 is 0 Å². The first-order chi connectivity index (χ1) is 10.7. The number of halogens is 6. The second-order valence-corrected chi connectivity index (χ2v) is 6.90. The fourth-order valence-corrected chi connectivity index (χ4v) is 1.81. The van der Waals surface area contributed by atoms with E-state index < -0.39 is 7.81 Å². The summed E-state index contributed by atoms with van der Waals surface area (Å²) in [7, 11) is -6.70. The second-order valence-electron chi connectivity index (χ2n) is 4.98. The summed E-state index contributed by atoms with van der Waals surface area (Å²) < 4.78 is 61.2. The Labute approximate surface area is 131 Å². The Bertz CT molecular complexity index is 776. The summed E-state index contributed by atoms with van der Waals surface area (Å²) >= 11 is 0. The number of pyridine rings is 1. The van der Waals surface area contributed by atoms with Crippen LogP contribution in [0.3, 0.4) is 0 Å². The van der Waals surface area contributed by atoms with Gasteiger partial charge in [-0.3, -0.25) is 4.84 Å². The standard InChI is InChI=1S/C10H13N6O.F6P/c1-14-6-7-15(2)10(14)17-16-9-8(12-13-16)4-3-5-11-9;1-7(2,3,4,5)6/h3-5H,6-7H2,1-2H3;/q+1;-1. The Morgan fingerprint density at radius 2 is 1.83 bits per heavy atom. The molecule has 0 amide bonds. The van der Waals surface area contributed by atoms with Crippen LogP contribution < -0.4 is 4.84 Å². The number of likely N-dealkylation sites (N-methyl/N-ethyl adjacent to an activating group) is 2. The molecule has 0 bridgehead atoms. The average molecular weight is 378 g/mol. The van der Waals surface area contributed by atoms with Gasteiger partial charge in [0.1, 0.15) is 18.6 Å². The summed E-state index contributed by atoms with van der Waals surface area (Å²) in [5.74, 6) is 0. The van der Waals surface area contributed by atoms with Crippen molar-refractivity contribution in [3.8, 4) is 0 Å². The number of hydrogen-bond donors (Lipinski definition) is 0. The second kappa shape index (κ2) is 5.16. The van der Waals surface area contributed by atoms with Crippen LogP contribution in [0.2, 0.25) is 0 Å². The summed E-state index contributed by atoms with van der Waals surface area (Å²) in [5, 5.41) is 7.92. The first kappa shape index (κ1) is 18.2. The summed E-state index contributed by atoms with van der Waals surface area (Å²) in [6.07, 6.45) is 1.69. The van der Waals surface area contributed by atoms with E-state index in [-0.39, 0.29) is 0 Å². The minimum atomic E-state index is -10.7. The van der Waals surface area contributed by atoms with Crippen molar-refractivity contribution in [2.24, 2.45) is 0 Å². The molecule has 2 aromatic heterocycles. The Kier molecular flexibility index (Phi) is 3.91. The van der Waals surface area contributed by atoms with Crippen LogP contribution in [0, 0.1) is 0 Å². The molecule has 7 nitrogen and oxygen atoms in total. The topological polar surface area (TPSA) is 59.1 Å². The first-order valence-corrected chi connectivity index (χ1v) is 8.44. The van der Waals surface area contributed by atoms with E-state index in [0.717, 1.165) is 24.6 Å². The van der Waals surface area contributed by atoms with Crippen molar-refractivity contribution in [1.29, 1.82) is 0 Å². The molecule has 0 spiro atoms. The zero-order valence-electron chi connectivity index (χ0n) is 12.5. The molecule has 14 heteroatoms. The van der Waals surface area contributed by atoms with Gasteiger partial charge in [-0.2, -0.15) is 0 Å². The van der Waals surface area contributed by atoms with Gasteiger partial charge in [0.2, 0.25) is 5.65 Å². The number of fused-ring (bicyclic) bond motifs is 1. The maximum absolute atomic E-state index is 10.7. The van der Waals surface area contributed by atoms with Gasteiger partial charge < -0.3 is 0 Å². The molecule has 0 N–H and O–H groups in total. The number of amidine groups is 1. The third kappa shape index (κ3) is 5.80. The van der Waals surface area contributed by atoms with Gasteiger partial charge in [-0.1, -0.05) is 0 Å². The van der Waals surface area contributed by atoms with Gasteiger partial charge in [-0.05, 0) is 22.2 Å². The summed E-state index contributed by atoms with van der Waals surface area (Å²) in [4.78, 5) is 13.3. The summed E-state index contributed by atoms with van der Waals surface area (Å²) in [6, 6.07) is 4.42. The van der Waals surface area contributed by atoms with Crippen molar-refractivity contribution in [1.82, 2.24) is 25.0 Å². The van der Waals surface area contributed by atoms with Gasteiger partial charge in [-0.25, -0.2) is 14.5 Å². The van der Waals surface area contributed by atoms with E-state index in [9.17, 15) is 25.2 Å². The molecule has 0 atom stereocenters. The van der Waals surface area contributed by atoms with Crippen molar-refractivity contribution in [3.05, 3.63) is 18.3 Å². The molecule has 1 aliphatic rings. The molecule has 136 valence electrons. The Morgan fingerprint density at radius 3 is 2.38 bits per heavy atom. The molecule has 0 aromatic carbocycles. The maximum atomic E-state index is 9.87. The van der Waals surface area contributed by atoms with Crippen LogP contribution in [0.15, 0.2) is 18.3 Å². The van der Waals surface area contributed by atoms with Crippen LogP contribution >= 0.6 is 7.81 Å². The Hall–Kier alpha value is -2.17. The van der Waals surface area contributed by atoms with E-state index in [1.807, 2.05) is 35.7 Å². The zero-order chi connectivity index (χ0) is 18.2. The van der Waals surface area contributed by atoms with E-state index in [1.165, 1.54) is 4.85 Å². The molecule has 24 heavy (non-hydrogen) atoms. The summed E-state index contributed by atoms with van der Waals surface area (Å²) in [5.41, 5.74) is 1.34. The SMILES string of the molecule is CN1CC[N+](C)=C1On1nnc2cccnc21.F[P-](F)(F)(F)(F)F. The van der Waals surface area contributed by atoms with E-state index in [2.05, 4.69) is 15.3 Å². The summed E-state index contributed by atoms with van der Waals surface area (Å²) in [6.45, 7) is 1.87. The van der Waals surface area contributed by atoms with Crippen molar-refractivity contribution >= 4 is 25.0 Å². The fraction of sp³-hybridized carbons (Fsp3) is 0.400. The van der Waals surface area contributed by atoms with Crippen LogP contribution in [-0.2, 0) is 0 Å². The molecule has 0 saturated carbocycles. The molecule has 0 radical (unpaired) electrons. The average Bonchev–Trinajstić information content (AvgIpc) is 2.94. The first-order valence-electron chi connectivity index (χ1n) is 6.41. The molecular weight excluding hydrogens is 365 g/mol. The van der Waals surface area contributed by atoms with Crippen LogP contribution in [0.5, 0.6) is 0 Å². The predicted molar refractivity (Wildman–Crippen MR) is 74.2 cm³/mol. The van der Waals surface area contributed by atoms with Crippen LogP contribution in [0.1, 0.15) is 0 Å². The minimum absolute atomic E-state index is 0.619. The number of hydrogen-bond acceptors (Lipinski definition) is 5. The van der Waals surface area contributed by atoms with E-state index in [1.54, 1.807) is 6.20 Å². The van der Waals surface area contributed by atoms with Crippen LogP contribution in [-0.4, -0.2) is 62.8 Å². The van der Waals surface area contributed by atoms with Crippen molar-refractivity contribution in [2.45, 2.75) is 0 Å². The molecule has 0 saturated heterocycles. The van der Waals surface area contributed by atoms with Gasteiger partial charge in [0.15, 0.2) is 0 Å². The molecular formula is C10H13F6N6OP. The third-order valence-corrected chi connectivity index (χ3v) is 2.77. The molecule has 3 heterocycles. The zero-order valence-corrected chi connectivity index (χ0v) is 13.3. The third-order valence-electron chi connectivity index (χ3n) is 2.77. The molecule has 0 fully saturated rings. The van der Waals surface area contributed by atoms with E-state index in [0.29, 0.717) is 5.65 Å². The Morgan fingerprint density at radius 1 is 1.21 bits per heavy atom. The molecule has 3 rings (SSSR count). The molecule has 0 aliphatic carbocycles. The van der Waals surface area contributed by atoms with Gasteiger partial charge in [0.25, 0.3) is 0 Å². The fourth-order valence-electron chi connectivity index (χ4n) is 1.81. The van der Waals surface area contributed by atoms with E-state index in [4.69, 9.17) is 4.84 Å². The molecule has 1 aliphatic heterocycles. The van der Waals surface area contributed by atoms with Gasteiger partial charge >= 0.3 is 39.0 Å². The Balaban J connectivity index is 0.000000256. The van der Waals surface area contributed by atoms with Gasteiger partial charge in [-0.15, -0.1) is 5.10 Å². The van der Waals surface area contributed by atoms with Crippen molar-refractivity contribution in [3.63, 3.8) is 0 Å². The number of aromatic nitrogens is 4. The van der Waals surface area contributed by atoms with Crippen LogP contribution in [0.25, 0.3) is 11.2 Å². The molecule has 2 aromatic rings. The predicted octanol–water partition coefficient (Wildman–Crippen LogP) is 2.58. The van der Waals surface area contributed by atoms with Gasteiger partial charge in [0.05, 0.1) is 14.1 Å². The van der Waals surface area contributed by atoms with Crippen LogP contribution in [0.4, 0.5) is 25.2 Å². The van der Waals surface area contributed by atoms with Gasteiger partial charge in [0, 0.05) is 6.20 Å². The number of rotatable bonds is 1. The monoisotopic (exact) mass is 378 g/mol. The number of nitrogens with zero attached hydrogens (tertiary/aromatic N) is 6. The van der Waals surface area contributed by atoms with Crippen molar-refractivity contribution < 1.29 is 34.6 Å². The molecule has 0 unspecified atom stereocenters.